The Morgan fingerprint density at radius 3 is 2.50 bits per heavy atom. The van der Waals surface area contributed by atoms with Gasteiger partial charge in [0.1, 0.15) is 5.82 Å². The first-order valence-corrected chi connectivity index (χ1v) is 6.38. The third kappa shape index (κ3) is 3.03. The standard InChI is InChI=1S/C16H17FN2O/c1-10-3-5-13(7-11(10)2)16(20)19-15-6-4-12(9-18)8-14(15)17/h3-8H,9,18H2,1-2H3,(H,19,20). The maximum absolute atomic E-state index is 13.8. The molecule has 0 aliphatic carbocycles. The smallest absolute Gasteiger partial charge is 0.255 e. The quantitative estimate of drug-likeness (QED) is 0.901. The van der Waals surface area contributed by atoms with E-state index in [1.165, 1.54) is 12.1 Å². The fourth-order valence-corrected chi connectivity index (χ4v) is 1.86. The molecule has 2 aromatic rings. The van der Waals surface area contributed by atoms with Gasteiger partial charge in [0.05, 0.1) is 5.69 Å². The lowest BCUT2D eigenvalue weighted by Gasteiger charge is -2.09. The van der Waals surface area contributed by atoms with Crippen molar-refractivity contribution in [3.05, 3.63) is 64.5 Å². The van der Waals surface area contributed by atoms with Crippen LogP contribution >= 0.6 is 0 Å². The van der Waals surface area contributed by atoms with Gasteiger partial charge in [-0.25, -0.2) is 4.39 Å². The van der Waals surface area contributed by atoms with E-state index in [9.17, 15) is 9.18 Å². The Morgan fingerprint density at radius 1 is 1.15 bits per heavy atom. The van der Waals surface area contributed by atoms with Gasteiger partial charge in [0.15, 0.2) is 0 Å². The number of rotatable bonds is 3. The predicted octanol–water partition coefficient (Wildman–Crippen LogP) is 3.15. The molecule has 0 aromatic heterocycles. The van der Waals surface area contributed by atoms with Gasteiger partial charge in [-0.2, -0.15) is 0 Å². The van der Waals surface area contributed by atoms with E-state index < -0.39 is 5.82 Å². The van der Waals surface area contributed by atoms with E-state index in [-0.39, 0.29) is 18.1 Å². The van der Waals surface area contributed by atoms with E-state index in [4.69, 9.17) is 5.73 Å². The van der Waals surface area contributed by atoms with Gasteiger partial charge in [0.25, 0.3) is 5.91 Å². The molecule has 0 aliphatic rings. The van der Waals surface area contributed by atoms with Crippen molar-refractivity contribution in [3.8, 4) is 0 Å². The average molecular weight is 272 g/mol. The van der Waals surface area contributed by atoms with Gasteiger partial charge >= 0.3 is 0 Å². The van der Waals surface area contributed by atoms with E-state index in [0.29, 0.717) is 11.1 Å². The molecule has 0 heterocycles. The summed E-state index contributed by atoms with van der Waals surface area (Å²) in [5.41, 5.74) is 8.93. The second-order valence-electron chi connectivity index (χ2n) is 4.77. The number of anilines is 1. The maximum Gasteiger partial charge on any atom is 0.255 e. The zero-order chi connectivity index (χ0) is 14.7. The zero-order valence-electron chi connectivity index (χ0n) is 11.5. The molecule has 0 saturated heterocycles. The first-order valence-electron chi connectivity index (χ1n) is 6.38. The van der Waals surface area contributed by atoms with Gasteiger partial charge in [-0.15, -0.1) is 0 Å². The molecule has 2 aromatic carbocycles. The minimum atomic E-state index is -0.481. The van der Waals surface area contributed by atoms with E-state index in [2.05, 4.69) is 5.32 Å². The molecule has 0 saturated carbocycles. The lowest BCUT2D eigenvalue weighted by atomic mass is 10.1. The number of aryl methyl sites for hydroxylation is 2. The average Bonchev–Trinajstić information content (AvgIpc) is 2.43. The summed E-state index contributed by atoms with van der Waals surface area (Å²) in [6.07, 6.45) is 0. The number of hydrogen-bond acceptors (Lipinski definition) is 2. The van der Waals surface area contributed by atoms with Crippen LogP contribution in [0.2, 0.25) is 0 Å². The van der Waals surface area contributed by atoms with Crippen LogP contribution in [0.5, 0.6) is 0 Å². The second-order valence-corrected chi connectivity index (χ2v) is 4.77. The Kier molecular flexibility index (Phi) is 4.15. The highest BCUT2D eigenvalue weighted by Crippen LogP contribution is 2.17. The van der Waals surface area contributed by atoms with Crippen molar-refractivity contribution in [1.82, 2.24) is 0 Å². The molecular formula is C16H17FN2O. The van der Waals surface area contributed by atoms with Crippen molar-refractivity contribution in [1.29, 1.82) is 0 Å². The fourth-order valence-electron chi connectivity index (χ4n) is 1.86. The molecule has 3 N–H and O–H groups in total. The molecule has 0 atom stereocenters. The molecule has 0 unspecified atom stereocenters. The van der Waals surface area contributed by atoms with Gasteiger partial charge in [-0.3, -0.25) is 4.79 Å². The van der Waals surface area contributed by atoms with Gasteiger partial charge in [0, 0.05) is 12.1 Å². The summed E-state index contributed by atoms with van der Waals surface area (Å²) >= 11 is 0. The number of benzene rings is 2. The van der Waals surface area contributed by atoms with Crippen LogP contribution in [-0.4, -0.2) is 5.91 Å². The minimum absolute atomic E-state index is 0.158. The first kappa shape index (κ1) is 14.2. The van der Waals surface area contributed by atoms with Gasteiger partial charge < -0.3 is 11.1 Å². The molecule has 104 valence electrons. The summed E-state index contributed by atoms with van der Waals surface area (Å²) in [6, 6.07) is 9.93. The first-order chi connectivity index (χ1) is 9.51. The van der Waals surface area contributed by atoms with Crippen molar-refractivity contribution < 1.29 is 9.18 Å². The summed E-state index contributed by atoms with van der Waals surface area (Å²) in [5.74, 6) is -0.808. The Labute approximate surface area is 117 Å². The molecule has 0 spiro atoms. The van der Waals surface area contributed by atoms with E-state index >= 15 is 0 Å². The largest absolute Gasteiger partial charge is 0.326 e. The molecule has 0 radical (unpaired) electrons. The van der Waals surface area contributed by atoms with Crippen LogP contribution in [0.25, 0.3) is 0 Å². The van der Waals surface area contributed by atoms with Crippen molar-refractivity contribution in [2.75, 3.05) is 5.32 Å². The Hall–Kier alpha value is -2.20. The van der Waals surface area contributed by atoms with E-state index in [0.717, 1.165) is 11.1 Å². The third-order valence-corrected chi connectivity index (χ3v) is 3.29. The van der Waals surface area contributed by atoms with Crippen LogP contribution in [0.15, 0.2) is 36.4 Å². The highest BCUT2D eigenvalue weighted by molar-refractivity contribution is 6.04. The number of carbonyl (C=O) groups is 1. The molecule has 0 fully saturated rings. The fraction of sp³-hybridized carbons (Fsp3) is 0.188. The lowest BCUT2D eigenvalue weighted by Crippen LogP contribution is -2.13. The SMILES string of the molecule is Cc1ccc(C(=O)Nc2ccc(CN)cc2F)cc1C. The van der Waals surface area contributed by atoms with Gasteiger partial charge in [-0.1, -0.05) is 12.1 Å². The summed E-state index contributed by atoms with van der Waals surface area (Å²) in [4.78, 5) is 12.1. The van der Waals surface area contributed by atoms with Crippen LogP contribution < -0.4 is 11.1 Å². The monoisotopic (exact) mass is 272 g/mol. The van der Waals surface area contributed by atoms with Crippen molar-refractivity contribution in [3.63, 3.8) is 0 Å². The van der Waals surface area contributed by atoms with Crippen LogP contribution in [0.4, 0.5) is 10.1 Å². The van der Waals surface area contributed by atoms with Crippen LogP contribution in [0.3, 0.4) is 0 Å². The number of carbonyl (C=O) groups excluding carboxylic acids is 1. The Morgan fingerprint density at radius 2 is 1.90 bits per heavy atom. The molecule has 2 rings (SSSR count). The molecule has 0 aliphatic heterocycles. The molecule has 1 amide bonds. The van der Waals surface area contributed by atoms with Crippen molar-refractivity contribution >= 4 is 11.6 Å². The van der Waals surface area contributed by atoms with E-state index in [1.54, 1.807) is 18.2 Å². The van der Waals surface area contributed by atoms with Gasteiger partial charge in [0.2, 0.25) is 0 Å². The summed E-state index contributed by atoms with van der Waals surface area (Å²) in [5, 5.41) is 2.57. The molecule has 3 nitrogen and oxygen atoms in total. The molecule has 4 heteroatoms. The topological polar surface area (TPSA) is 55.1 Å². The third-order valence-electron chi connectivity index (χ3n) is 3.29. The van der Waals surface area contributed by atoms with Crippen molar-refractivity contribution in [2.24, 2.45) is 5.73 Å². The highest BCUT2D eigenvalue weighted by atomic mass is 19.1. The molecule has 0 bridgehead atoms. The number of nitrogens with two attached hydrogens (primary N) is 1. The predicted molar refractivity (Wildman–Crippen MR) is 78.2 cm³/mol. The second kappa shape index (κ2) is 5.84. The summed E-state index contributed by atoms with van der Waals surface area (Å²) in [7, 11) is 0. The van der Waals surface area contributed by atoms with Crippen molar-refractivity contribution in [2.45, 2.75) is 20.4 Å². The zero-order valence-corrected chi connectivity index (χ0v) is 11.5. The number of nitrogens with one attached hydrogen (secondary N) is 1. The normalized spacial score (nSPS) is 10.4. The Bertz CT molecular complexity index is 653. The molecule has 20 heavy (non-hydrogen) atoms. The molecular weight excluding hydrogens is 255 g/mol. The number of amides is 1. The van der Waals surface area contributed by atoms with Gasteiger partial charge in [-0.05, 0) is 54.8 Å². The van der Waals surface area contributed by atoms with Crippen LogP contribution in [0, 0.1) is 19.7 Å². The van der Waals surface area contributed by atoms with Crippen LogP contribution in [-0.2, 0) is 6.54 Å². The summed E-state index contributed by atoms with van der Waals surface area (Å²) < 4.78 is 13.8. The summed E-state index contributed by atoms with van der Waals surface area (Å²) in [6.45, 7) is 4.17. The lowest BCUT2D eigenvalue weighted by molar-refractivity contribution is 0.102. The van der Waals surface area contributed by atoms with E-state index in [1.807, 2.05) is 19.9 Å². The number of halogens is 1. The maximum atomic E-state index is 13.8. The number of hydrogen-bond donors (Lipinski definition) is 2. The minimum Gasteiger partial charge on any atom is -0.326 e. The van der Waals surface area contributed by atoms with Crippen LogP contribution in [0.1, 0.15) is 27.0 Å². The highest BCUT2D eigenvalue weighted by Gasteiger charge is 2.10. The Balaban J connectivity index is 2.21.